The zero-order chi connectivity index (χ0) is 22.1. The van der Waals surface area contributed by atoms with Gasteiger partial charge in [0.1, 0.15) is 0 Å². The minimum absolute atomic E-state index is 0.0253. The maximum absolute atomic E-state index is 13.0. The van der Waals surface area contributed by atoms with Crippen LogP contribution < -0.4 is 14.8 Å². The number of halogens is 9. The van der Waals surface area contributed by atoms with E-state index < -0.39 is 63.4 Å². The Labute approximate surface area is 153 Å². The SMILES string of the molecule is O=C(O)c1cc(OF)c(OF)c(OF)c1-c1cc(C(F)(F)F)cc(C(F)(F)F)c1. The molecule has 14 heteroatoms. The van der Waals surface area contributed by atoms with E-state index in [0.29, 0.717) is 0 Å². The van der Waals surface area contributed by atoms with Crippen LogP contribution in [0.1, 0.15) is 21.5 Å². The van der Waals surface area contributed by atoms with Crippen molar-refractivity contribution in [3.8, 4) is 28.4 Å². The van der Waals surface area contributed by atoms with E-state index in [1.807, 2.05) is 0 Å². The molecule has 0 fully saturated rings. The van der Waals surface area contributed by atoms with Gasteiger partial charge in [0.2, 0.25) is 11.5 Å². The van der Waals surface area contributed by atoms with Crippen molar-refractivity contribution in [3.63, 3.8) is 0 Å². The molecule has 2 rings (SSSR count). The van der Waals surface area contributed by atoms with Crippen molar-refractivity contribution >= 4 is 5.97 Å². The largest absolute Gasteiger partial charge is 0.478 e. The normalized spacial score (nSPS) is 11.9. The number of carboxylic acids is 1. The lowest BCUT2D eigenvalue weighted by Gasteiger charge is -2.17. The number of aromatic carboxylic acids is 1. The molecular formula is C15H5F9O5. The van der Waals surface area contributed by atoms with Crippen LogP contribution in [0.2, 0.25) is 0 Å². The summed E-state index contributed by atoms with van der Waals surface area (Å²) in [6.45, 7) is 0. The van der Waals surface area contributed by atoms with Gasteiger partial charge in [-0.25, -0.2) is 4.79 Å². The first kappa shape index (κ1) is 22.0. The van der Waals surface area contributed by atoms with Crippen LogP contribution in [0.5, 0.6) is 17.2 Å². The molecule has 5 nitrogen and oxygen atoms in total. The van der Waals surface area contributed by atoms with Gasteiger partial charge in [0.05, 0.1) is 16.7 Å². The molecule has 0 aliphatic rings. The fourth-order valence-corrected chi connectivity index (χ4v) is 2.38. The van der Waals surface area contributed by atoms with Crippen molar-refractivity contribution in [2.45, 2.75) is 12.4 Å². The molecule has 0 atom stereocenters. The first-order chi connectivity index (χ1) is 13.3. The molecule has 0 unspecified atom stereocenters. The molecule has 29 heavy (non-hydrogen) atoms. The van der Waals surface area contributed by atoms with Crippen LogP contribution in [0.25, 0.3) is 11.1 Å². The van der Waals surface area contributed by atoms with Crippen molar-refractivity contribution < 1.29 is 64.6 Å². The van der Waals surface area contributed by atoms with Crippen molar-refractivity contribution in [2.24, 2.45) is 0 Å². The molecule has 0 radical (unpaired) electrons. The van der Waals surface area contributed by atoms with E-state index >= 15 is 0 Å². The predicted octanol–water partition coefficient (Wildman–Crippen LogP) is 5.88. The average Bonchev–Trinajstić information content (AvgIpc) is 2.64. The standard InChI is InChI=1S/C15H5F9O5/c16-14(17,18)6-1-5(2-7(3-6)15(19,20)21)10-8(13(25)26)4-9(27-22)11(28-23)12(10)29-24/h1-4H,(H,25,26). The summed E-state index contributed by atoms with van der Waals surface area (Å²) in [5.74, 6) is -6.77. The Morgan fingerprint density at radius 3 is 1.59 bits per heavy atom. The molecule has 0 heterocycles. The highest BCUT2D eigenvalue weighted by Gasteiger charge is 2.38. The number of benzene rings is 2. The third-order valence-corrected chi connectivity index (χ3v) is 3.55. The Kier molecular flexibility index (Phi) is 5.76. The van der Waals surface area contributed by atoms with Gasteiger partial charge in [-0.05, 0) is 23.8 Å². The third-order valence-electron chi connectivity index (χ3n) is 3.55. The Morgan fingerprint density at radius 1 is 0.759 bits per heavy atom. The maximum Gasteiger partial charge on any atom is 0.416 e. The van der Waals surface area contributed by atoms with Crippen LogP contribution >= 0.6 is 0 Å². The summed E-state index contributed by atoms with van der Waals surface area (Å²) in [4.78, 5) is 20.7. The highest BCUT2D eigenvalue weighted by atomic mass is 19.4. The number of alkyl halides is 6. The summed E-state index contributed by atoms with van der Waals surface area (Å²) in [6.07, 6.45) is -10.7. The van der Waals surface area contributed by atoms with Crippen LogP contribution in [0.15, 0.2) is 24.3 Å². The number of carbonyl (C=O) groups is 1. The molecule has 0 saturated carbocycles. The topological polar surface area (TPSA) is 65.0 Å². The van der Waals surface area contributed by atoms with E-state index in [-0.39, 0.29) is 24.3 Å². The number of carboxylic acid groups (broad SMARTS) is 1. The molecule has 0 spiro atoms. The van der Waals surface area contributed by atoms with E-state index in [4.69, 9.17) is 5.11 Å². The highest BCUT2D eigenvalue weighted by molar-refractivity contribution is 6.00. The van der Waals surface area contributed by atoms with Crippen LogP contribution in [0, 0.1) is 0 Å². The molecule has 158 valence electrons. The summed E-state index contributed by atoms with van der Waals surface area (Å²) >= 11 is 0. The number of hydrogen-bond acceptors (Lipinski definition) is 4. The zero-order valence-electron chi connectivity index (χ0n) is 13.3. The molecular weight excluding hydrogens is 431 g/mol. The Morgan fingerprint density at radius 2 is 1.24 bits per heavy atom. The zero-order valence-corrected chi connectivity index (χ0v) is 13.3. The second-order valence-corrected chi connectivity index (χ2v) is 5.29. The summed E-state index contributed by atoms with van der Waals surface area (Å²) in [7, 11) is 0. The van der Waals surface area contributed by atoms with Crippen LogP contribution in [-0.4, -0.2) is 11.1 Å². The monoisotopic (exact) mass is 436 g/mol. The summed E-state index contributed by atoms with van der Waals surface area (Å²) in [6, 6.07) is -0.0941. The molecule has 0 aromatic heterocycles. The molecule has 2 aromatic carbocycles. The van der Waals surface area contributed by atoms with Gasteiger partial charge < -0.3 is 5.11 Å². The molecule has 0 saturated heterocycles. The fraction of sp³-hybridized carbons (Fsp3) is 0.133. The van der Waals surface area contributed by atoms with E-state index in [2.05, 4.69) is 14.8 Å². The van der Waals surface area contributed by atoms with E-state index in [0.717, 1.165) is 0 Å². The molecule has 1 N–H and O–H groups in total. The second-order valence-electron chi connectivity index (χ2n) is 5.29. The van der Waals surface area contributed by atoms with Gasteiger partial charge in [-0.1, -0.05) is 0 Å². The van der Waals surface area contributed by atoms with Gasteiger partial charge in [0, 0.05) is 25.2 Å². The number of hydrogen-bond donors (Lipinski definition) is 1. The first-order valence-corrected chi connectivity index (χ1v) is 6.95. The van der Waals surface area contributed by atoms with Gasteiger partial charge in [0.15, 0.2) is 0 Å². The van der Waals surface area contributed by atoms with Crippen molar-refractivity contribution in [3.05, 3.63) is 41.0 Å². The van der Waals surface area contributed by atoms with Gasteiger partial charge in [-0.15, -0.1) is 0 Å². The first-order valence-electron chi connectivity index (χ1n) is 6.95. The van der Waals surface area contributed by atoms with E-state index in [1.54, 1.807) is 0 Å². The Balaban J connectivity index is 3.01. The molecule has 0 aliphatic heterocycles. The fourth-order valence-electron chi connectivity index (χ4n) is 2.38. The van der Waals surface area contributed by atoms with Crippen LogP contribution in [-0.2, 0) is 12.4 Å². The maximum atomic E-state index is 13.0. The quantitative estimate of drug-likeness (QED) is 0.594. The average molecular weight is 436 g/mol. The van der Waals surface area contributed by atoms with Crippen molar-refractivity contribution in [2.75, 3.05) is 0 Å². The lowest BCUT2D eigenvalue weighted by Crippen LogP contribution is -2.12. The molecule has 0 bridgehead atoms. The van der Waals surface area contributed by atoms with Gasteiger partial charge >= 0.3 is 18.3 Å². The lowest BCUT2D eigenvalue weighted by molar-refractivity contribution is -0.143. The minimum Gasteiger partial charge on any atom is -0.478 e. The smallest absolute Gasteiger partial charge is 0.416 e. The van der Waals surface area contributed by atoms with Gasteiger partial charge in [0.25, 0.3) is 5.75 Å². The van der Waals surface area contributed by atoms with Gasteiger partial charge in [-0.3, -0.25) is 14.8 Å². The van der Waals surface area contributed by atoms with Crippen molar-refractivity contribution in [1.82, 2.24) is 0 Å². The minimum atomic E-state index is -5.34. The van der Waals surface area contributed by atoms with Crippen LogP contribution in [0.3, 0.4) is 0 Å². The van der Waals surface area contributed by atoms with Crippen LogP contribution in [0.4, 0.5) is 39.9 Å². The Bertz CT molecular complexity index is 905. The summed E-state index contributed by atoms with van der Waals surface area (Å²) in [5, 5.41) is 9.15. The summed E-state index contributed by atoms with van der Waals surface area (Å²) < 4.78 is 116. The highest BCUT2D eigenvalue weighted by Crippen LogP contribution is 2.49. The second kappa shape index (κ2) is 7.60. The van der Waals surface area contributed by atoms with Gasteiger partial charge in [-0.2, -0.15) is 26.3 Å². The third kappa shape index (κ3) is 4.25. The Hall–Kier alpha value is -3.32. The van der Waals surface area contributed by atoms with Crippen molar-refractivity contribution in [1.29, 1.82) is 0 Å². The molecule has 0 aliphatic carbocycles. The predicted molar refractivity (Wildman–Crippen MR) is 74.0 cm³/mol. The molecule has 0 amide bonds. The lowest BCUT2D eigenvalue weighted by atomic mass is 9.94. The number of rotatable bonds is 5. The molecule has 2 aromatic rings. The van der Waals surface area contributed by atoms with E-state index in [9.17, 15) is 44.7 Å². The van der Waals surface area contributed by atoms with E-state index in [1.165, 1.54) is 0 Å². The summed E-state index contributed by atoms with van der Waals surface area (Å²) in [5.41, 5.74) is -7.56.